The number of hydrogen-bond donors (Lipinski definition) is 0. The van der Waals surface area contributed by atoms with Gasteiger partial charge >= 0.3 is 23.9 Å². The third-order valence-electron chi connectivity index (χ3n) is 4.98. The van der Waals surface area contributed by atoms with Crippen LogP contribution in [-0.2, 0) is 28.7 Å². The van der Waals surface area contributed by atoms with E-state index in [0.29, 0.717) is 35.1 Å². The number of unbranched alkanes of at least 4 members (excludes halogenated alkanes) is 7. The summed E-state index contributed by atoms with van der Waals surface area (Å²) in [6.45, 7) is 3.28. The van der Waals surface area contributed by atoms with E-state index >= 15 is 0 Å². The first kappa shape index (κ1) is 20.1. The first-order chi connectivity index (χ1) is 12.4. The molecule has 0 aromatic heterocycles. The molecule has 0 bridgehead atoms. The van der Waals surface area contributed by atoms with Crippen LogP contribution in [0.2, 0.25) is 0 Å². The molecule has 2 aliphatic heterocycles. The summed E-state index contributed by atoms with van der Waals surface area (Å²) in [5, 5.41) is 0. The van der Waals surface area contributed by atoms with E-state index in [2.05, 4.69) is 9.47 Å². The standard InChI is InChI=1S/C20H26O6/c1-13-15(19(23)25-17(13)21)11-9-7-5-3-4-6-8-10-12-16-14(2)18(22)26-20(16)24/h3-12H2,1-2H3. The number of carbonyl (C=O) groups is 4. The lowest BCUT2D eigenvalue weighted by molar-refractivity contribution is -0.152. The highest BCUT2D eigenvalue weighted by Crippen LogP contribution is 2.24. The zero-order valence-electron chi connectivity index (χ0n) is 15.5. The number of ether oxygens (including phenoxy) is 2. The minimum atomic E-state index is -0.508. The van der Waals surface area contributed by atoms with E-state index in [4.69, 9.17) is 0 Å². The van der Waals surface area contributed by atoms with Gasteiger partial charge in [0.05, 0.1) is 0 Å². The summed E-state index contributed by atoms with van der Waals surface area (Å²) in [4.78, 5) is 45.4. The Morgan fingerprint density at radius 3 is 1.08 bits per heavy atom. The van der Waals surface area contributed by atoms with Crippen molar-refractivity contribution < 1.29 is 28.7 Å². The Morgan fingerprint density at radius 1 is 0.500 bits per heavy atom. The molecule has 6 nitrogen and oxygen atoms in total. The summed E-state index contributed by atoms with van der Waals surface area (Å²) in [5.41, 5.74) is 1.97. The van der Waals surface area contributed by atoms with Crippen LogP contribution in [0.3, 0.4) is 0 Å². The zero-order chi connectivity index (χ0) is 19.1. The molecule has 0 radical (unpaired) electrons. The molecular formula is C20H26O6. The second-order valence-electron chi connectivity index (χ2n) is 6.89. The Kier molecular flexibility index (Phi) is 7.30. The van der Waals surface area contributed by atoms with Crippen LogP contribution in [0.15, 0.2) is 22.3 Å². The number of esters is 4. The maximum absolute atomic E-state index is 11.5. The molecule has 2 aliphatic rings. The molecule has 2 rings (SSSR count). The predicted molar refractivity (Wildman–Crippen MR) is 93.8 cm³/mol. The average Bonchev–Trinajstić information content (AvgIpc) is 2.98. The number of rotatable bonds is 11. The van der Waals surface area contributed by atoms with Crippen molar-refractivity contribution in [2.24, 2.45) is 0 Å². The molecule has 0 N–H and O–H groups in total. The number of carbonyl (C=O) groups excluding carboxylic acids is 4. The van der Waals surface area contributed by atoms with E-state index in [1.165, 1.54) is 0 Å². The van der Waals surface area contributed by atoms with Crippen LogP contribution in [0.4, 0.5) is 0 Å². The van der Waals surface area contributed by atoms with Crippen molar-refractivity contribution in [3.63, 3.8) is 0 Å². The molecule has 0 aromatic rings. The van der Waals surface area contributed by atoms with E-state index in [9.17, 15) is 19.2 Å². The van der Waals surface area contributed by atoms with Crippen LogP contribution < -0.4 is 0 Å². The van der Waals surface area contributed by atoms with Gasteiger partial charge in [-0.3, -0.25) is 0 Å². The summed E-state index contributed by atoms with van der Waals surface area (Å²) in [7, 11) is 0. The summed E-state index contributed by atoms with van der Waals surface area (Å²) in [5.74, 6) is -1.98. The molecule has 0 aliphatic carbocycles. The topological polar surface area (TPSA) is 86.7 Å². The molecule has 0 saturated heterocycles. The Labute approximate surface area is 153 Å². The maximum atomic E-state index is 11.5. The Morgan fingerprint density at radius 2 is 0.808 bits per heavy atom. The minimum Gasteiger partial charge on any atom is -0.386 e. The van der Waals surface area contributed by atoms with Crippen molar-refractivity contribution in [3.8, 4) is 0 Å². The van der Waals surface area contributed by atoms with Crippen LogP contribution in [0.5, 0.6) is 0 Å². The molecule has 0 amide bonds. The summed E-state index contributed by atoms with van der Waals surface area (Å²) >= 11 is 0. The van der Waals surface area contributed by atoms with Crippen LogP contribution >= 0.6 is 0 Å². The lowest BCUT2D eigenvalue weighted by Gasteiger charge is -2.03. The second-order valence-corrected chi connectivity index (χ2v) is 6.89. The first-order valence-corrected chi connectivity index (χ1v) is 9.34. The van der Waals surface area contributed by atoms with Gasteiger partial charge in [-0.15, -0.1) is 0 Å². The van der Waals surface area contributed by atoms with E-state index < -0.39 is 23.9 Å². The van der Waals surface area contributed by atoms with Gasteiger partial charge < -0.3 is 9.47 Å². The van der Waals surface area contributed by atoms with E-state index in [0.717, 1.165) is 51.4 Å². The lowest BCUT2D eigenvalue weighted by Crippen LogP contribution is -2.02. The highest BCUT2D eigenvalue weighted by atomic mass is 16.6. The van der Waals surface area contributed by atoms with Crippen molar-refractivity contribution in [3.05, 3.63) is 22.3 Å². The zero-order valence-corrected chi connectivity index (χ0v) is 15.5. The number of hydrogen-bond acceptors (Lipinski definition) is 6. The summed E-state index contributed by atoms with van der Waals surface area (Å²) in [6, 6.07) is 0. The lowest BCUT2D eigenvalue weighted by atomic mass is 10.0. The minimum absolute atomic E-state index is 0.452. The molecule has 0 saturated carbocycles. The quantitative estimate of drug-likeness (QED) is 0.316. The fraction of sp³-hybridized carbons (Fsp3) is 0.600. The van der Waals surface area contributed by atoms with Gasteiger partial charge in [0.1, 0.15) is 0 Å². The van der Waals surface area contributed by atoms with Gasteiger partial charge in [0.2, 0.25) is 0 Å². The van der Waals surface area contributed by atoms with Crippen molar-refractivity contribution in [2.45, 2.75) is 78.1 Å². The normalized spacial score (nSPS) is 17.5. The monoisotopic (exact) mass is 362 g/mol. The molecule has 0 aromatic carbocycles. The highest BCUT2D eigenvalue weighted by Gasteiger charge is 2.29. The molecular weight excluding hydrogens is 336 g/mol. The molecule has 0 fully saturated rings. The van der Waals surface area contributed by atoms with Gasteiger partial charge in [-0.05, 0) is 39.5 Å². The van der Waals surface area contributed by atoms with Crippen LogP contribution in [0.25, 0.3) is 0 Å². The van der Waals surface area contributed by atoms with Gasteiger partial charge in [-0.25, -0.2) is 19.2 Å². The molecule has 6 heteroatoms. The summed E-state index contributed by atoms with van der Waals surface area (Å²) in [6.07, 6.45) is 9.50. The average molecular weight is 362 g/mol. The largest absolute Gasteiger partial charge is 0.386 e. The third-order valence-corrected chi connectivity index (χ3v) is 4.98. The number of cyclic esters (lactones) is 4. The molecule has 2 heterocycles. The molecule has 0 spiro atoms. The van der Waals surface area contributed by atoms with Gasteiger partial charge in [0.25, 0.3) is 0 Å². The summed E-state index contributed by atoms with van der Waals surface area (Å²) < 4.78 is 9.14. The van der Waals surface area contributed by atoms with E-state index in [1.807, 2.05) is 0 Å². The van der Waals surface area contributed by atoms with E-state index in [1.54, 1.807) is 13.8 Å². The molecule has 26 heavy (non-hydrogen) atoms. The van der Waals surface area contributed by atoms with Gasteiger partial charge in [0, 0.05) is 22.3 Å². The van der Waals surface area contributed by atoms with Crippen molar-refractivity contribution >= 4 is 23.9 Å². The molecule has 0 unspecified atom stereocenters. The van der Waals surface area contributed by atoms with Crippen molar-refractivity contribution in [1.29, 1.82) is 0 Å². The molecule has 0 atom stereocenters. The van der Waals surface area contributed by atoms with Crippen LogP contribution in [-0.4, -0.2) is 23.9 Å². The fourth-order valence-electron chi connectivity index (χ4n) is 3.24. The smallest absolute Gasteiger partial charge is 0.342 e. The van der Waals surface area contributed by atoms with Crippen molar-refractivity contribution in [2.75, 3.05) is 0 Å². The predicted octanol–water partition coefficient (Wildman–Crippen LogP) is 3.69. The van der Waals surface area contributed by atoms with Gasteiger partial charge in [-0.1, -0.05) is 38.5 Å². The Hall–Kier alpha value is -2.24. The third kappa shape index (κ3) is 5.13. The Bertz CT molecular complexity index is 610. The second kappa shape index (κ2) is 9.46. The van der Waals surface area contributed by atoms with Gasteiger partial charge in [0.15, 0.2) is 0 Å². The fourth-order valence-corrected chi connectivity index (χ4v) is 3.24. The molecule has 142 valence electrons. The maximum Gasteiger partial charge on any atom is 0.342 e. The highest BCUT2D eigenvalue weighted by molar-refractivity contribution is 6.12. The SMILES string of the molecule is CC1=C(CCCCCCCCCCC2=C(C)C(=O)OC2=O)C(=O)OC1=O. The van der Waals surface area contributed by atoms with Crippen LogP contribution in [0, 0.1) is 0 Å². The first-order valence-electron chi connectivity index (χ1n) is 9.34. The van der Waals surface area contributed by atoms with E-state index in [-0.39, 0.29) is 0 Å². The van der Waals surface area contributed by atoms with Crippen molar-refractivity contribution in [1.82, 2.24) is 0 Å². The van der Waals surface area contributed by atoms with Gasteiger partial charge in [-0.2, -0.15) is 0 Å². The van der Waals surface area contributed by atoms with Crippen LogP contribution in [0.1, 0.15) is 78.1 Å². The Balaban J connectivity index is 1.48.